The molecule has 0 fully saturated rings. The van der Waals surface area contributed by atoms with Crippen LogP contribution in [0, 0.1) is 6.92 Å². The van der Waals surface area contributed by atoms with Crippen molar-refractivity contribution >= 4 is 11.8 Å². The van der Waals surface area contributed by atoms with Crippen molar-refractivity contribution in [3.63, 3.8) is 0 Å². The van der Waals surface area contributed by atoms with E-state index in [0.717, 1.165) is 11.1 Å². The zero-order chi connectivity index (χ0) is 19.6. The van der Waals surface area contributed by atoms with Crippen molar-refractivity contribution in [1.29, 1.82) is 0 Å². The lowest BCUT2D eigenvalue weighted by atomic mass is 10.1. The number of nitrogens with zero attached hydrogens (tertiary/aromatic N) is 2. The minimum atomic E-state index is -0.731. The number of hydrazone groups is 1. The molecule has 0 bridgehead atoms. The number of amides is 1. The van der Waals surface area contributed by atoms with Gasteiger partial charge in [0.2, 0.25) is 23.8 Å². The zero-order valence-electron chi connectivity index (χ0n) is 16.0. The molecule has 3 rings (SSSR count). The summed E-state index contributed by atoms with van der Waals surface area (Å²) in [5.74, 6) is 1.57. The Morgan fingerprint density at radius 3 is 2.22 bits per heavy atom. The Morgan fingerprint density at radius 1 is 1.07 bits per heavy atom. The average Bonchev–Trinajstić information content (AvgIpc) is 3.12. The molecular weight excluding hydrogens is 348 g/mol. The first-order valence-corrected chi connectivity index (χ1v) is 8.41. The van der Waals surface area contributed by atoms with Crippen molar-refractivity contribution in [2.75, 3.05) is 21.3 Å². The second kappa shape index (κ2) is 7.57. The maximum absolute atomic E-state index is 12.2. The summed E-state index contributed by atoms with van der Waals surface area (Å²) < 4.78 is 22.2. The van der Waals surface area contributed by atoms with Gasteiger partial charge in [0.25, 0.3) is 0 Å². The molecule has 0 spiro atoms. The van der Waals surface area contributed by atoms with E-state index in [1.807, 2.05) is 31.2 Å². The minimum absolute atomic E-state index is 0.239. The van der Waals surface area contributed by atoms with E-state index >= 15 is 0 Å². The molecule has 2 aromatic carbocycles. The molecule has 0 radical (unpaired) electrons. The maximum atomic E-state index is 12.2. The summed E-state index contributed by atoms with van der Waals surface area (Å²) in [5, 5.41) is 5.70. The molecule has 1 atom stereocenters. The number of carbonyl (C=O) groups is 1. The summed E-state index contributed by atoms with van der Waals surface area (Å²) in [6.07, 6.45) is -0.731. The molecule has 0 N–H and O–H groups in total. The number of aryl methyl sites for hydroxylation is 1. The first kappa shape index (κ1) is 18.6. The van der Waals surface area contributed by atoms with E-state index < -0.39 is 6.23 Å². The number of methoxy groups -OCH3 is 3. The average molecular weight is 370 g/mol. The van der Waals surface area contributed by atoms with Gasteiger partial charge >= 0.3 is 0 Å². The van der Waals surface area contributed by atoms with Crippen LogP contribution in [0.4, 0.5) is 0 Å². The molecule has 0 saturated carbocycles. The van der Waals surface area contributed by atoms with Crippen LogP contribution in [0.2, 0.25) is 0 Å². The number of carbonyl (C=O) groups excluding carboxylic acids is 1. The zero-order valence-corrected chi connectivity index (χ0v) is 16.0. The Hall–Kier alpha value is -3.22. The topological polar surface area (TPSA) is 69.6 Å². The second-order valence-corrected chi connectivity index (χ2v) is 6.01. The van der Waals surface area contributed by atoms with Gasteiger partial charge in [-0.15, -0.1) is 5.10 Å². The van der Waals surface area contributed by atoms with Crippen molar-refractivity contribution in [3.8, 4) is 17.2 Å². The summed E-state index contributed by atoms with van der Waals surface area (Å²) in [6.45, 7) is 3.41. The molecule has 1 amide bonds. The highest BCUT2D eigenvalue weighted by Gasteiger charge is 2.35. The Balaban J connectivity index is 2.04. The van der Waals surface area contributed by atoms with Crippen LogP contribution in [-0.2, 0) is 9.53 Å². The summed E-state index contributed by atoms with van der Waals surface area (Å²) in [5.41, 5.74) is 2.50. The van der Waals surface area contributed by atoms with Crippen LogP contribution >= 0.6 is 0 Å². The van der Waals surface area contributed by atoms with Crippen LogP contribution in [0.25, 0.3) is 0 Å². The highest BCUT2D eigenvalue weighted by atomic mass is 16.5. The highest BCUT2D eigenvalue weighted by molar-refractivity contribution is 5.97. The third-order valence-electron chi connectivity index (χ3n) is 4.31. The summed E-state index contributed by atoms with van der Waals surface area (Å²) in [4.78, 5) is 12.2. The molecular formula is C20H22N2O5. The number of hydrogen-bond acceptors (Lipinski definition) is 6. The van der Waals surface area contributed by atoms with Gasteiger partial charge in [-0.2, -0.15) is 5.01 Å². The lowest BCUT2D eigenvalue weighted by Crippen LogP contribution is -2.25. The summed E-state index contributed by atoms with van der Waals surface area (Å²) in [7, 11) is 4.61. The number of benzene rings is 2. The molecule has 1 heterocycles. The van der Waals surface area contributed by atoms with E-state index in [1.54, 1.807) is 12.1 Å². The standard InChI is InChI=1S/C20H22N2O5/c1-12-8-6-7-9-15(12)19-21-22(13(2)23)20(27-19)14-10-16(24-3)18(26-5)17(11-14)25-4/h6-11,20H,1-5H3. The maximum Gasteiger partial charge on any atom is 0.243 e. The predicted molar refractivity (Wildman–Crippen MR) is 100 cm³/mol. The van der Waals surface area contributed by atoms with Gasteiger partial charge in [0, 0.05) is 18.1 Å². The Bertz CT molecular complexity index is 869. The molecule has 142 valence electrons. The fraction of sp³-hybridized carbons (Fsp3) is 0.300. The van der Waals surface area contributed by atoms with Gasteiger partial charge in [-0.3, -0.25) is 4.79 Å². The van der Waals surface area contributed by atoms with Crippen LogP contribution in [0.5, 0.6) is 17.2 Å². The van der Waals surface area contributed by atoms with Gasteiger partial charge in [-0.05, 0) is 30.7 Å². The van der Waals surface area contributed by atoms with Crippen LogP contribution in [0.1, 0.15) is 29.8 Å². The number of rotatable bonds is 5. The van der Waals surface area contributed by atoms with Gasteiger partial charge < -0.3 is 18.9 Å². The lowest BCUT2D eigenvalue weighted by Gasteiger charge is -2.21. The third-order valence-corrected chi connectivity index (χ3v) is 4.31. The van der Waals surface area contributed by atoms with Gasteiger partial charge in [0.05, 0.1) is 21.3 Å². The fourth-order valence-corrected chi connectivity index (χ4v) is 2.95. The molecule has 1 aliphatic rings. The molecule has 7 heteroatoms. The van der Waals surface area contributed by atoms with Crippen molar-refractivity contribution in [3.05, 3.63) is 53.1 Å². The van der Waals surface area contributed by atoms with E-state index in [4.69, 9.17) is 18.9 Å². The monoisotopic (exact) mass is 370 g/mol. The van der Waals surface area contributed by atoms with Crippen molar-refractivity contribution < 1.29 is 23.7 Å². The molecule has 0 aliphatic carbocycles. The SMILES string of the molecule is COc1cc(C2OC(c3ccccc3C)=NN2C(C)=O)cc(OC)c1OC. The normalized spacial score (nSPS) is 15.8. The molecule has 27 heavy (non-hydrogen) atoms. The van der Waals surface area contributed by atoms with Crippen LogP contribution in [0.3, 0.4) is 0 Å². The second-order valence-electron chi connectivity index (χ2n) is 6.01. The largest absolute Gasteiger partial charge is 0.493 e. The van der Waals surface area contributed by atoms with E-state index in [9.17, 15) is 4.79 Å². The van der Waals surface area contributed by atoms with Crippen LogP contribution < -0.4 is 14.2 Å². The molecule has 1 aliphatic heterocycles. The molecule has 1 unspecified atom stereocenters. The van der Waals surface area contributed by atoms with Crippen molar-refractivity contribution in [1.82, 2.24) is 5.01 Å². The fourth-order valence-electron chi connectivity index (χ4n) is 2.95. The molecule has 7 nitrogen and oxygen atoms in total. The van der Waals surface area contributed by atoms with Crippen LogP contribution in [0.15, 0.2) is 41.5 Å². The number of hydrogen-bond donors (Lipinski definition) is 0. The molecule has 0 saturated heterocycles. The predicted octanol–water partition coefficient (Wildman–Crippen LogP) is 3.26. The van der Waals surface area contributed by atoms with Gasteiger partial charge in [0.1, 0.15) is 0 Å². The van der Waals surface area contributed by atoms with Crippen molar-refractivity contribution in [2.24, 2.45) is 5.10 Å². The lowest BCUT2D eigenvalue weighted by molar-refractivity contribution is -0.135. The summed E-state index contributed by atoms with van der Waals surface area (Å²) in [6, 6.07) is 11.2. The Morgan fingerprint density at radius 2 is 1.70 bits per heavy atom. The summed E-state index contributed by atoms with van der Waals surface area (Å²) >= 11 is 0. The first-order valence-electron chi connectivity index (χ1n) is 8.41. The number of ether oxygens (including phenoxy) is 4. The van der Waals surface area contributed by atoms with E-state index in [0.29, 0.717) is 28.7 Å². The van der Waals surface area contributed by atoms with Gasteiger partial charge in [-0.25, -0.2) is 0 Å². The van der Waals surface area contributed by atoms with E-state index in [2.05, 4.69) is 5.10 Å². The smallest absolute Gasteiger partial charge is 0.243 e. The van der Waals surface area contributed by atoms with E-state index in [-0.39, 0.29) is 5.91 Å². The van der Waals surface area contributed by atoms with Crippen LogP contribution in [-0.4, -0.2) is 38.1 Å². The quantitative estimate of drug-likeness (QED) is 0.808. The highest BCUT2D eigenvalue weighted by Crippen LogP contribution is 2.42. The molecule has 2 aromatic rings. The minimum Gasteiger partial charge on any atom is -0.493 e. The third kappa shape index (κ3) is 3.40. The van der Waals surface area contributed by atoms with Crippen molar-refractivity contribution in [2.45, 2.75) is 20.1 Å². The molecule has 0 aromatic heterocycles. The van der Waals surface area contributed by atoms with Gasteiger partial charge in [-0.1, -0.05) is 18.2 Å². The van der Waals surface area contributed by atoms with E-state index in [1.165, 1.54) is 33.3 Å². The Labute approximate surface area is 158 Å². The Kier molecular flexibility index (Phi) is 5.21. The first-order chi connectivity index (χ1) is 13.0. The van der Waals surface area contributed by atoms with Gasteiger partial charge in [0.15, 0.2) is 11.5 Å².